The molecule has 116 valence electrons. The van der Waals surface area contributed by atoms with Crippen LogP contribution in [-0.2, 0) is 18.0 Å². The smallest absolute Gasteiger partial charge is 0.323 e. The number of hydrogen-bond donors (Lipinski definition) is 1. The lowest BCUT2D eigenvalue weighted by molar-refractivity contribution is -0.138. The first kappa shape index (κ1) is 14.6. The maximum Gasteiger partial charge on any atom is 0.416 e. The van der Waals surface area contributed by atoms with Gasteiger partial charge in [-0.2, -0.15) is 18.3 Å². The third-order valence-corrected chi connectivity index (χ3v) is 3.77. The number of carbonyl (C=O) groups is 1. The Hall–Kier alpha value is -2.31. The molecule has 1 aromatic carbocycles. The van der Waals surface area contributed by atoms with E-state index in [1.54, 1.807) is 24.0 Å². The molecule has 1 saturated carbocycles. The van der Waals surface area contributed by atoms with Crippen molar-refractivity contribution in [1.29, 1.82) is 0 Å². The van der Waals surface area contributed by atoms with E-state index in [1.165, 1.54) is 18.3 Å². The van der Waals surface area contributed by atoms with Gasteiger partial charge < -0.3 is 5.32 Å². The lowest BCUT2D eigenvalue weighted by Crippen LogP contribution is -2.15. The van der Waals surface area contributed by atoms with Crippen molar-refractivity contribution in [3.63, 3.8) is 0 Å². The van der Waals surface area contributed by atoms with E-state index in [0.29, 0.717) is 12.1 Å². The van der Waals surface area contributed by atoms with Crippen LogP contribution in [0.2, 0.25) is 0 Å². The minimum atomic E-state index is -4.40. The summed E-state index contributed by atoms with van der Waals surface area (Å²) in [5.41, 5.74) is 0.0836. The van der Waals surface area contributed by atoms with Gasteiger partial charge in [0, 0.05) is 19.2 Å². The first-order chi connectivity index (χ1) is 10.4. The topological polar surface area (TPSA) is 46.9 Å². The van der Waals surface area contributed by atoms with Gasteiger partial charge in [0.1, 0.15) is 0 Å². The van der Waals surface area contributed by atoms with Crippen LogP contribution in [0.5, 0.6) is 0 Å². The van der Waals surface area contributed by atoms with Crippen molar-refractivity contribution in [2.75, 3.05) is 5.32 Å². The van der Waals surface area contributed by atoms with Crippen LogP contribution >= 0.6 is 0 Å². The molecule has 0 unspecified atom stereocenters. The molecule has 0 aliphatic heterocycles. The second-order valence-corrected chi connectivity index (χ2v) is 5.43. The number of nitrogens with one attached hydrogen (secondary N) is 1. The van der Waals surface area contributed by atoms with Gasteiger partial charge in [-0.1, -0.05) is 18.2 Å². The molecule has 0 saturated heterocycles. The minimum Gasteiger partial charge on any atom is -0.323 e. The summed E-state index contributed by atoms with van der Waals surface area (Å²) >= 11 is 0. The van der Waals surface area contributed by atoms with Gasteiger partial charge in [0.15, 0.2) is 0 Å². The van der Waals surface area contributed by atoms with Crippen LogP contribution in [0.1, 0.15) is 23.5 Å². The molecule has 1 aromatic heterocycles. The lowest BCUT2D eigenvalue weighted by atomic mass is 10.0. The monoisotopic (exact) mass is 309 g/mol. The highest BCUT2D eigenvalue weighted by atomic mass is 19.4. The number of carbonyl (C=O) groups excluding carboxylic acids is 1. The highest BCUT2D eigenvalue weighted by molar-refractivity contribution is 5.95. The predicted molar refractivity (Wildman–Crippen MR) is 74.1 cm³/mol. The highest BCUT2D eigenvalue weighted by Gasteiger charge is 2.47. The Morgan fingerprint density at radius 2 is 2.09 bits per heavy atom. The van der Waals surface area contributed by atoms with Crippen molar-refractivity contribution in [1.82, 2.24) is 9.78 Å². The molecule has 1 aliphatic carbocycles. The Labute approximate surface area is 124 Å². The maximum absolute atomic E-state index is 13.0. The molecule has 1 fully saturated rings. The molecular weight excluding hydrogens is 295 g/mol. The van der Waals surface area contributed by atoms with E-state index in [4.69, 9.17) is 0 Å². The standard InChI is InChI=1S/C15H14F3N3O/c1-21-8-9(7-19-21)20-14(22)12-6-11(12)10-4-2-3-5-13(10)15(16,17)18/h2-5,7-8,11-12H,6H2,1H3,(H,20,22)/t11-,12-/m1/s1. The summed E-state index contributed by atoms with van der Waals surface area (Å²) in [4.78, 5) is 12.1. The van der Waals surface area contributed by atoms with Crippen molar-refractivity contribution < 1.29 is 18.0 Å². The van der Waals surface area contributed by atoms with E-state index in [-0.39, 0.29) is 17.4 Å². The molecule has 0 bridgehead atoms. The Morgan fingerprint density at radius 3 is 2.73 bits per heavy atom. The normalized spacial score (nSPS) is 20.7. The van der Waals surface area contributed by atoms with Gasteiger partial charge in [0.25, 0.3) is 0 Å². The molecule has 3 rings (SSSR count). The summed E-state index contributed by atoms with van der Waals surface area (Å²) in [7, 11) is 1.72. The van der Waals surface area contributed by atoms with Crippen LogP contribution in [0.4, 0.5) is 18.9 Å². The Bertz CT molecular complexity index is 708. The van der Waals surface area contributed by atoms with Crippen LogP contribution in [0, 0.1) is 5.92 Å². The van der Waals surface area contributed by atoms with Gasteiger partial charge in [-0.25, -0.2) is 0 Å². The summed E-state index contributed by atoms with van der Waals surface area (Å²) in [5.74, 6) is -1.08. The summed E-state index contributed by atoms with van der Waals surface area (Å²) in [6.07, 6.45) is -0.833. The van der Waals surface area contributed by atoms with Crippen molar-refractivity contribution in [3.8, 4) is 0 Å². The molecular formula is C15H14F3N3O. The zero-order chi connectivity index (χ0) is 15.9. The van der Waals surface area contributed by atoms with E-state index in [1.807, 2.05) is 0 Å². The zero-order valence-electron chi connectivity index (χ0n) is 11.8. The second kappa shape index (κ2) is 5.15. The largest absolute Gasteiger partial charge is 0.416 e. The quantitative estimate of drug-likeness (QED) is 0.946. The summed E-state index contributed by atoms with van der Waals surface area (Å²) in [5, 5.41) is 6.61. The summed E-state index contributed by atoms with van der Waals surface area (Å²) < 4.78 is 40.5. The Balaban J connectivity index is 1.73. The number of aryl methyl sites for hydroxylation is 1. The Kier molecular flexibility index (Phi) is 3.42. The SMILES string of the molecule is Cn1cc(NC(=O)[C@@H]2C[C@@H]2c2ccccc2C(F)(F)F)cn1. The molecule has 2 atom stereocenters. The number of nitrogens with zero attached hydrogens (tertiary/aromatic N) is 2. The molecule has 0 spiro atoms. The average Bonchev–Trinajstić information content (AvgIpc) is 3.15. The summed E-state index contributed by atoms with van der Waals surface area (Å²) in [6, 6.07) is 5.44. The van der Waals surface area contributed by atoms with E-state index in [2.05, 4.69) is 10.4 Å². The molecule has 0 radical (unpaired) electrons. The number of amides is 1. The molecule has 1 aliphatic rings. The van der Waals surface area contributed by atoms with Crippen LogP contribution in [0.25, 0.3) is 0 Å². The van der Waals surface area contributed by atoms with Crippen LogP contribution < -0.4 is 5.32 Å². The second-order valence-electron chi connectivity index (χ2n) is 5.43. The lowest BCUT2D eigenvalue weighted by Gasteiger charge is -2.12. The fourth-order valence-electron chi connectivity index (χ4n) is 2.63. The number of aromatic nitrogens is 2. The Morgan fingerprint density at radius 1 is 1.36 bits per heavy atom. The molecule has 4 nitrogen and oxygen atoms in total. The van der Waals surface area contributed by atoms with E-state index in [0.717, 1.165) is 6.07 Å². The number of rotatable bonds is 3. The molecule has 1 amide bonds. The molecule has 7 heteroatoms. The van der Waals surface area contributed by atoms with E-state index < -0.39 is 17.7 Å². The minimum absolute atomic E-state index is 0.196. The van der Waals surface area contributed by atoms with E-state index >= 15 is 0 Å². The predicted octanol–water partition coefficient (Wildman–Crippen LogP) is 3.18. The molecule has 22 heavy (non-hydrogen) atoms. The van der Waals surface area contributed by atoms with Gasteiger partial charge in [0.2, 0.25) is 5.91 Å². The van der Waals surface area contributed by atoms with Crippen molar-refractivity contribution in [3.05, 3.63) is 47.8 Å². The maximum atomic E-state index is 13.0. The molecule has 2 aromatic rings. The van der Waals surface area contributed by atoms with Crippen LogP contribution in [0.3, 0.4) is 0 Å². The van der Waals surface area contributed by atoms with Gasteiger partial charge in [-0.15, -0.1) is 0 Å². The van der Waals surface area contributed by atoms with Crippen molar-refractivity contribution in [2.24, 2.45) is 13.0 Å². The third-order valence-electron chi connectivity index (χ3n) is 3.77. The van der Waals surface area contributed by atoms with Crippen molar-refractivity contribution >= 4 is 11.6 Å². The fourth-order valence-corrected chi connectivity index (χ4v) is 2.63. The van der Waals surface area contributed by atoms with Crippen LogP contribution in [-0.4, -0.2) is 15.7 Å². The number of benzene rings is 1. The van der Waals surface area contributed by atoms with Gasteiger partial charge in [-0.05, 0) is 24.0 Å². The van der Waals surface area contributed by atoms with E-state index in [9.17, 15) is 18.0 Å². The number of alkyl halides is 3. The zero-order valence-corrected chi connectivity index (χ0v) is 11.8. The number of anilines is 1. The number of hydrogen-bond acceptors (Lipinski definition) is 2. The fraction of sp³-hybridized carbons (Fsp3) is 0.333. The first-order valence-electron chi connectivity index (χ1n) is 6.82. The van der Waals surface area contributed by atoms with Gasteiger partial charge >= 0.3 is 6.18 Å². The first-order valence-corrected chi connectivity index (χ1v) is 6.82. The van der Waals surface area contributed by atoms with Gasteiger partial charge in [0.05, 0.1) is 17.4 Å². The molecule has 1 heterocycles. The van der Waals surface area contributed by atoms with Crippen molar-refractivity contribution in [2.45, 2.75) is 18.5 Å². The summed E-state index contributed by atoms with van der Waals surface area (Å²) in [6.45, 7) is 0. The van der Waals surface area contributed by atoms with Gasteiger partial charge in [-0.3, -0.25) is 9.48 Å². The highest BCUT2D eigenvalue weighted by Crippen LogP contribution is 2.51. The van der Waals surface area contributed by atoms with Crippen LogP contribution in [0.15, 0.2) is 36.7 Å². The molecule has 1 N–H and O–H groups in total. The third kappa shape index (κ3) is 2.84. The number of halogens is 3. The average molecular weight is 309 g/mol.